The first-order valence-electron chi connectivity index (χ1n) is 6.85. The van der Waals surface area contributed by atoms with Crippen molar-refractivity contribution in [3.05, 3.63) is 22.5 Å². The Balaban J connectivity index is 2.09. The highest BCUT2D eigenvalue weighted by atomic mass is 16.4. The van der Waals surface area contributed by atoms with Crippen LogP contribution in [-0.2, 0) is 4.79 Å². The molecule has 0 saturated heterocycles. The zero-order chi connectivity index (χ0) is 15.7. The van der Waals surface area contributed by atoms with Crippen LogP contribution in [0.1, 0.15) is 51.9 Å². The monoisotopic (exact) mass is 293 g/mol. The lowest BCUT2D eigenvalue weighted by Crippen LogP contribution is -2.45. The number of aromatic amines is 1. The average molecular weight is 293 g/mol. The Kier molecular flexibility index (Phi) is 4.02. The summed E-state index contributed by atoms with van der Waals surface area (Å²) < 4.78 is 0. The molecular weight excluding hydrogens is 274 g/mol. The van der Waals surface area contributed by atoms with E-state index in [9.17, 15) is 14.4 Å². The lowest BCUT2D eigenvalue weighted by molar-refractivity contribution is -0.122. The number of hydrogen-bond donors (Lipinski definition) is 4. The van der Waals surface area contributed by atoms with Gasteiger partial charge in [-0.1, -0.05) is 0 Å². The molecule has 0 radical (unpaired) electrons. The number of aryl methyl sites for hydroxylation is 1. The predicted molar refractivity (Wildman–Crippen MR) is 75.3 cm³/mol. The molecule has 1 fully saturated rings. The molecule has 7 nitrogen and oxygen atoms in total. The Labute approximate surface area is 122 Å². The third-order valence-electron chi connectivity index (χ3n) is 3.54. The first-order chi connectivity index (χ1) is 9.81. The van der Waals surface area contributed by atoms with Crippen molar-refractivity contribution in [1.29, 1.82) is 0 Å². The second kappa shape index (κ2) is 5.59. The lowest BCUT2D eigenvalue weighted by atomic mass is 10.1. The van der Waals surface area contributed by atoms with E-state index in [1.807, 2.05) is 0 Å². The number of hydrogen-bond acceptors (Lipinski definition) is 3. The fraction of sp³-hybridized carbons (Fsp3) is 0.500. The molecule has 1 unspecified atom stereocenters. The summed E-state index contributed by atoms with van der Waals surface area (Å²) in [6.07, 6.45) is 1.95. The van der Waals surface area contributed by atoms with Crippen molar-refractivity contribution in [2.45, 2.75) is 45.7 Å². The van der Waals surface area contributed by atoms with E-state index in [0.717, 1.165) is 12.8 Å². The van der Waals surface area contributed by atoms with Crippen LogP contribution in [0, 0.1) is 13.8 Å². The highest BCUT2D eigenvalue weighted by molar-refractivity contribution is 6.02. The number of H-pyrrole nitrogens is 1. The summed E-state index contributed by atoms with van der Waals surface area (Å²) in [7, 11) is 0. The minimum absolute atomic E-state index is 0.00673. The maximum absolute atomic E-state index is 12.2. The largest absolute Gasteiger partial charge is 0.477 e. The van der Waals surface area contributed by atoms with E-state index in [-0.39, 0.29) is 23.2 Å². The second-order valence-corrected chi connectivity index (χ2v) is 5.41. The van der Waals surface area contributed by atoms with Gasteiger partial charge in [-0.15, -0.1) is 0 Å². The molecule has 21 heavy (non-hydrogen) atoms. The van der Waals surface area contributed by atoms with Crippen LogP contribution in [0.5, 0.6) is 0 Å². The summed E-state index contributed by atoms with van der Waals surface area (Å²) >= 11 is 0. The zero-order valence-electron chi connectivity index (χ0n) is 12.2. The molecule has 114 valence electrons. The van der Waals surface area contributed by atoms with Crippen LogP contribution < -0.4 is 10.6 Å². The maximum atomic E-state index is 12.2. The van der Waals surface area contributed by atoms with Gasteiger partial charge in [0.15, 0.2) is 0 Å². The predicted octanol–water partition coefficient (Wildman–Crippen LogP) is 0.727. The molecule has 1 saturated carbocycles. The van der Waals surface area contributed by atoms with Gasteiger partial charge in [0.1, 0.15) is 11.7 Å². The molecule has 0 spiro atoms. The average Bonchev–Trinajstić information content (AvgIpc) is 3.13. The molecule has 7 heteroatoms. The molecule has 1 atom stereocenters. The number of nitrogens with one attached hydrogen (secondary N) is 3. The van der Waals surface area contributed by atoms with Gasteiger partial charge in [-0.2, -0.15) is 0 Å². The lowest BCUT2D eigenvalue weighted by Gasteiger charge is -2.14. The molecule has 1 heterocycles. The van der Waals surface area contributed by atoms with Gasteiger partial charge in [-0.25, -0.2) is 4.79 Å². The van der Waals surface area contributed by atoms with Crippen LogP contribution in [-0.4, -0.2) is 40.0 Å². The van der Waals surface area contributed by atoms with E-state index in [1.54, 1.807) is 20.8 Å². The number of carboxylic acid groups (broad SMARTS) is 1. The Morgan fingerprint density at radius 3 is 2.38 bits per heavy atom. The van der Waals surface area contributed by atoms with Crippen molar-refractivity contribution in [2.24, 2.45) is 0 Å². The molecule has 0 bridgehead atoms. The van der Waals surface area contributed by atoms with Gasteiger partial charge in [0.05, 0.1) is 5.56 Å². The smallest absolute Gasteiger partial charge is 0.352 e. The van der Waals surface area contributed by atoms with Gasteiger partial charge < -0.3 is 20.7 Å². The highest BCUT2D eigenvalue weighted by Gasteiger charge is 2.28. The molecule has 2 amide bonds. The molecule has 1 aromatic rings. The summed E-state index contributed by atoms with van der Waals surface area (Å²) in [5.41, 5.74) is 1.11. The number of aromatic carboxylic acids is 1. The van der Waals surface area contributed by atoms with E-state index in [0.29, 0.717) is 11.3 Å². The van der Waals surface area contributed by atoms with Crippen LogP contribution in [0.2, 0.25) is 0 Å². The molecular formula is C14H19N3O4. The molecule has 1 aliphatic carbocycles. The molecule has 0 aromatic carbocycles. The molecule has 1 aromatic heterocycles. The maximum Gasteiger partial charge on any atom is 0.352 e. The van der Waals surface area contributed by atoms with Gasteiger partial charge in [0.2, 0.25) is 5.91 Å². The number of carbonyl (C=O) groups excluding carboxylic acids is 2. The van der Waals surface area contributed by atoms with Crippen LogP contribution in [0.3, 0.4) is 0 Å². The standard InChI is InChI=1S/C14H19N3O4/c1-6-10(7(2)15-11(6)14(20)21)13(19)16-8(3)12(18)17-9-4-5-9/h8-9,15H,4-5H2,1-3H3,(H,16,19)(H,17,18)(H,20,21). The molecule has 4 N–H and O–H groups in total. The third kappa shape index (κ3) is 3.24. The molecule has 2 rings (SSSR count). The Bertz CT molecular complexity index is 602. The number of carbonyl (C=O) groups is 3. The normalized spacial score (nSPS) is 15.4. The summed E-state index contributed by atoms with van der Waals surface area (Å²) in [5.74, 6) is -1.79. The van der Waals surface area contributed by atoms with E-state index in [4.69, 9.17) is 5.11 Å². The fourth-order valence-corrected chi connectivity index (χ4v) is 2.19. The summed E-state index contributed by atoms with van der Waals surface area (Å²) in [6.45, 7) is 4.80. The third-order valence-corrected chi connectivity index (χ3v) is 3.54. The Hall–Kier alpha value is -2.31. The zero-order valence-corrected chi connectivity index (χ0v) is 12.2. The summed E-state index contributed by atoms with van der Waals surface area (Å²) in [4.78, 5) is 37.8. The highest BCUT2D eigenvalue weighted by Crippen LogP contribution is 2.19. The van der Waals surface area contributed by atoms with Crippen LogP contribution >= 0.6 is 0 Å². The second-order valence-electron chi connectivity index (χ2n) is 5.41. The van der Waals surface area contributed by atoms with Gasteiger partial charge in [0, 0.05) is 11.7 Å². The van der Waals surface area contributed by atoms with Crippen molar-refractivity contribution in [2.75, 3.05) is 0 Å². The number of aromatic nitrogens is 1. The Morgan fingerprint density at radius 2 is 1.90 bits per heavy atom. The van der Waals surface area contributed by atoms with Crippen LogP contribution in [0.4, 0.5) is 0 Å². The fourth-order valence-electron chi connectivity index (χ4n) is 2.19. The topological polar surface area (TPSA) is 111 Å². The first-order valence-corrected chi connectivity index (χ1v) is 6.85. The minimum atomic E-state index is -1.12. The van der Waals surface area contributed by atoms with Crippen molar-refractivity contribution in [1.82, 2.24) is 15.6 Å². The summed E-state index contributed by atoms with van der Waals surface area (Å²) in [5, 5.41) is 14.4. The van der Waals surface area contributed by atoms with E-state index in [2.05, 4.69) is 15.6 Å². The van der Waals surface area contributed by atoms with Crippen molar-refractivity contribution >= 4 is 17.8 Å². The first kappa shape index (κ1) is 15.1. The molecule has 0 aliphatic heterocycles. The quantitative estimate of drug-likeness (QED) is 0.641. The van der Waals surface area contributed by atoms with E-state index >= 15 is 0 Å². The molecule has 1 aliphatic rings. The van der Waals surface area contributed by atoms with Crippen molar-refractivity contribution in [3.63, 3.8) is 0 Å². The number of amides is 2. The van der Waals surface area contributed by atoms with Crippen LogP contribution in [0.25, 0.3) is 0 Å². The summed E-state index contributed by atoms with van der Waals surface area (Å²) in [6, 6.07) is -0.439. The number of carboxylic acids is 1. The van der Waals surface area contributed by atoms with E-state index in [1.165, 1.54) is 0 Å². The minimum Gasteiger partial charge on any atom is -0.477 e. The van der Waals surface area contributed by atoms with Gasteiger partial charge in [-0.3, -0.25) is 9.59 Å². The number of rotatable bonds is 5. The SMILES string of the molecule is Cc1[nH]c(C(=O)O)c(C)c1C(=O)NC(C)C(=O)NC1CC1. The van der Waals surface area contributed by atoms with Gasteiger partial charge in [-0.05, 0) is 39.2 Å². The van der Waals surface area contributed by atoms with E-state index < -0.39 is 17.9 Å². The van der Waals surface area contributed by atoms with Crippen molar-refractivity contribution in [3.8, 4) is 0 Å². The van der Waals surface area contributed by atoms with Gasteiger partial charge >= 0.3 is 5.97 Å². The van der Waals surface area contributed by atoms with Crippen molar-refractivity contribution < 1.29 is 19.5 Å². The Morgan fingerprint density at radius 1 is 1.29 bits per heavy atom. The van der Waals surface area contributed by atoms with Gasteiger partial charge in [0.25, 0.3) is 5.91 Å². The van der Waals surface area contributed by atoms with Crippen LogP contribution in [0.15, 0.2) is 0 Å².